The molecule has 2 rings (SSSR count). The van der Waals surface area contributed by atoms with Crippen molar-refractivity contribution in [3.8, 4) is 10.6 Å². The zero-order chi connectivity index (χ0) is 13.7. The molecule has 0 aliphatic carbocycles. The fourth-order valence-corrected chi connectivity index (χ4v) is 3.63. The largest absolute Gasteiger partial charge is 0.317 e. The van der Waals surface area contributed by atoms with Crippen LogP contribution < -0.4 is 5.32 Å². The Hall–Kier alpha value is -0.0500. The van der Waals surface area contributed by atoms with Gasteiger partial charge in [0.1, 0.15) is 10.0 Å². The van der Waals surface area contributed by atoms with E-state index in [4.69, 9.17) is 0 Å². The fraction of sp³-hybridized carbons (Fsp3) is 0.385. The zero-order valence-electron chi connectivity index (χ0n) is 10.6. The standard InChI is InChI=1S/C13H15BrIN3S/c1-2-16-7-3-4-12-17-18-13(19-12)10-8-9(15)5-6-11(10)14/h5-6,8,16H,2-4,7H2,1H3. The average Bonchev–Trinajstić information content (AvgIpc) is 2.86. The second-order valence-corrected chi connectivity index (χ2v) is 7.24. The maximum absolute atomic E-state index is 4.30. The number of nitrogens with zero attached hydrogens (tertiary/aromatic N) is 2. The minimum absolute atomic E-state index is 0.990. The maximum atomic E-state index is 4.30. The topological polar surface area (TPSA) is 37.8 Å². The highest BCUT2D eigenvalue weighted by Gasteiger charge is 2.10. The van der Waals surface area contributed by atoms with Gasteiger partial charge in [0.05, 0.1) is 0 Å². The van der Waals surface area contributed by atoms with Crippen molar-refractivity contribution in [1.29, 1.82) is 0 Å². The molecular formula is C13H15BrIN3S. The van der Waals surface area contributed by atoms with Crippen LogP contribution in [0.5, 0.6) is 0 Å². The first-order valence-electron chi connectivity index (χ1n) is 6.19. The second-order valence-electron chi connectivity index (χ2n) is 4.08. The molecule has 3 nitrogen and oxygen atoms in total. The van der Waals surface area contributed by atoms with E-state index in [-0.39, 0.29) is 0 Å². The normalized spacial score (nSPS) is 10.9. The summed E-state index contributed by atoms with van der Waals surface area (Å²) in [4.78, 5) is 0. The first-order chi connectivity index (χ1) is 9.20. The van der Waals surface area contributed by atoms with Gasteiger partial charge in [0, 0.05) is 20.0 Å². The molecule has 0 spiro atoms. The molecule has 19 heavy (non-hydrogen) atoms. The Balaban J connectivity index is 2.06. The van der Waals surface area contributed by atoms with Crippen LogP contribution >= 0.6 is 49.9 Å². The highest BCUT2D eigenvalue weighted by Crippen LogP contribution is 2.32. The van der Waals surface area contributed by atoms with Crippen molar-refractivity contribution in [1.82, 2.24) is 15.5 Å². The molecule has 0 saturated heterocycles. The quantitative estimate of drug-likeness (QED) is 0.530. The number of benzene rings is 1. The molecule has 2 aromatic rings. The minimum atomic E-state index is 0.990. The summed E-state index contributed by atoms with van der Waals surface area (Å²) in [5.74, 6) is 0. The van der Waals surface area contributed by atoms with Gasteiger partial charge in [0.15, 0.2) is 0 Å². The van der Waals surface area contributed by atoms with Crippen LogP contribution in [0.1, 0.15) is 18.4 Å². The van der Waals surface area contributed by atoms with E-state index in [2.05, 4.69) is 79.2 Å². The fourth-order valence-electron chi connectivity index (χ4n) is 1.67. The highest BCUT2D eigenvalue weighted by atomic mass is 127. The summed E-state index contributed by atoms with van der Waals surface area (Å²) in [7, 11) is 0. The lowest BCUT2D eigenvalue weighted by Gasteiger charge is -2.00. The van der Waals surface area contributed by atoms with Gasteiger partial charge in [-0.25, -0.2) is 0 Å². The summed E-state index contributed by atoms with van der Waals surface area (Å²) < 4.78 is 2.28. The van der Waals surface area contributed by atoms with Crippen LogP contribution in [-0.2, 0) is 6.42 Å². The lowest BCUT2D eigenvalue weighted by atomic mass is 10.2. The van der Waals surface area contributed by atoms with Gasteiger partial charge in [0.2, 0.25) is 0 Å². The Kier molecular flexibility index (Phi) is 6.18. The molecule has 0 aliphatic rings. The van der Waals surface area contributed by atoms with Crippen molar-refractivity contribution in [3.63, 3.8) is 0 Å². The Bertz CT molecular complexity index is 544. The second kappa shape index (κ2) is 7.66. The molecule has 0 aliphatic heterocycles. The third-order valence-electron chi connectivity index (χ3n) is 2.62. The third-order valence-corrected chi connectivity index (χ3v) is 5.00. The summed E-state index contributed by atoms with van der Waals surface area (Å²) in [6, 6.07) is 6.27. The lowest BCUT2D eigenvalue weighted by molar-refractivity contribution is 0.669. The van der Waals surface area contributed by atoms with Crippen molar-refractivity contribution in [3.05, 3.63) is 31.2 Å². The van der Waals surface area contributed by atoms with Crippen molar-refractivity contribution in [2.75, 3.05) is 13.1 Å². The third kappa shape index (κ3) is 4.47. The first kappa shape index (κ1) is 15.3. The van der Waals surface area contributed by atoms with Crippen LogP contribution in [0.4, 0.5) is 0 Å². The molecule has 102 valence electrons. The van der Waals surface area contributed by atoms with Crippen molar-refractivity contribution < 1.29 is 0 Å². The summed E-state index contributed by atoms with van der Waals surface area (Å²) in [5.41, 5.74) is 1.13. The lowest BCUT2D eigenvalue weighted by Crippen LogP contribution is -2.14. The number of hydrogen-bond donors (Lipinski definition) is 1. The van der Waals surface area contributed by atoms with E-state index in [0.717, 1.165) is 46.0 Å². The molecule has 1 heterocycles. The van der Waals surface area contributed by atoms with E-state index < -0.39 is 0 Å². The predicted octanol–water partition coefficient (Wildman–Crippen LogP) is 4.11. The van der Waals surface area contributed by atoms with E-state index in [1.807, 2.05) is 0 Å². The Labute approximate surface area is 139 Å². The van der Waals surface area contributed by atoms with Crippen molar-refractivity contribution in [2.24, 2.45) is 0 Å². The van der Waals surface area contributed by atoms with Gasteiger partial charge in [-0.3, -0.25) is 0 Å². The molecule has 0 amide bonds. The minimum Gasteiger partial charge on any atom is -0.317 e. The molecule has 0 radical (unpaired) electrons. The molecule has 0 unspecified atom stereocenters. The monoisotopic (exact) mass is 451 g/mol. The number of rotatable bonds is 6. The SMILES string of the molecule is CCNCCCc1nnc(-c2cc(I)ccc2Br)s1. The van der Waals surface area contributed by atoms with Gasteiger partial charge >= 0.3 is 0 Å². The summed E-state index contributed by atoms with van der Waals surface area (Å²) >= 11 is 7.57. The molecule has 1 aromatic heterocycles. The smallest absolute Gasteiger partial charge is 0.148 e. The van der Waals surface area contributed by atoms with E-state index in [1.165, 1.54) is 3.57 Å². The molecule has 1 aromatic carbocycles. The van der Waals surface area contributed by atoms with Gasteiger partial charge < -0.3 is 5.32 Å². The van der Waals surface area contributed by atoms with Crippen molar-refractivity contribution in [2.45, 2.75) is 19.8 Å². The first-order valence-corrected chi connectivity index (χ1v) is 8.88. The van der Waals surface area contributed by atoms with Crippen LogP contribution in [0.2, 0.25) is 0 Å². The van der Waals surface area contributed by atoms with Gasteiger partial charge in [-0.15, -0.1) is 10.2 Å². The summed E-state index contributed by atoms with van der Waals surface area (Å²) in [6.45, 7) is 4.19. The molecule has 0 saturated carbocycles. The number of aryl methyl sites for hydroxylation is 1. The predicted molar refractivity (Wildman–Crippen MR) is 92.6 cm³/mol. The number of nitrogens with one attached hydrogen (secondary N) is 1. The molecular weight excluding hydrogens is 437 g/mol. The van der Waals surface area contributed by atoms with Crippen LogP contribution in [0, 0.1) is 3.57 Å². The molecule has 6 heteroatoms. The van der Waals surface area contributed by atoms with Gasteiger partial charge in [-0.05, 0) is 60.3 Å². The Morgan fingerprint density at radius 3 is 3.00 bits per heavy atom. The molecule has 0 bridgehead atoms. The van der Waals surface area contributed by atoms with Crippen LogP contribution in [0.3, 0.4) is 0 Å². The highest BCUT2D eigenvalue weighted by molar-refractivity contribution is 14.1. The number of halogens is 2. The van der Waals surface area contributed by atoms with Crippen LogP contribution in [0.15, 0.2) is 22.7 Å². The van der Waals surface area contributed by atoms with E-state index >= 15 is 0 Å². The Morgan fingerprint density at radius 2 is 2.21 bits per heavy atom. The average molecular weight is 452 g/mol. The van der Waals surface area contributed by atoms with Crippen LogP contribution in [-0.4, -0.2) is 23.3 Å². The van der Waals surface area contributed by atoms with E-state index in [9.17, 15) is 0 Å². The zero-order valence-corrected chi connectivity index (χ0v) is 15.2. The van der Waals surface area contributed by atoms with E-state index in [0.29, 0.717) is 0 Å². The van der Waals surface area contributed by atoms with E-state index in [1.54, 1.807) is 11.3 Å². The van der Waals surface area contributed by atoms with Gasteiger partial charge in [-0.1, -0.05) is 34.2 Å². The maximum Gasteiger partial charge on any atom is 0.148 e. The summed E-state index contributed by atoms with van der Waals surface area (Å²) in [5, 5.41) is 14.0. The van der Waals surface area contributed by atoms with Gasteiger partial charge in [0.25, 0.3) is 0 Å². The van der Waals surface area contributed by atoms with Crippen LogP contribution in [0.25, 0.3) is 10.6 Å². The number of aromatic nitrogens is 2. The number of hydrogen-bond acceptors (Lipinski definition) is 4. The molecule has 1 N–H and O–H groups in total. The molecule has 0 atom stereocenters. The Morgan fingerprint density at radius 1 is 1.37 bits per heavy atom. The van der Waals surface area contributed by atoms with Crippen molar-refractivity contribution >= 4 is 49.9 Å². The van der Waals surface area contributed by atoms with Gasteiger partial charge in [-0.2, -0.15) is 0 Å². The summed E-state index contributed by atoms with van der Waals surface area (Å²) in [6.07, 6.45) is 2.10. The molecule has 0 fully saturated rings.